The average molecular weight is 302 g/mol. The van der Waals surface area contributed by atoms with E-state index in [2.05, 4.69) is 33.1 Å². The summed E-state index contributed by atoms with van der Waals surface area (Å²) in [6, 6.07) is 6.02. The summed E-state index contributed by atoms with van der Waals surface area (Å²) in [5.41, 5.74) is 0. The number of rotatable bonds is 6. The number of ether oxygens (including phenoxy) is 1. The van der Waals surface area contributed by atoms with Gasteiger partial charge in [0, 0.05) is 31.8 Å². The first-order valence-corrected chi connectivity index (χ1v) is 7.93. The van der Waals surface area contributed by atoms with Crippen molar-refractivity contribution in [1.29, 1.82) is 0 Å². The molecule has 0 radical (unpaired) electrons. The fraction of sp³-hybridized carbons (Fsp3) is 0.562. The summed E-state index contributed by atoms with van der Waals surface area (Å²) in [6.45, 7) is 5.14. The van der Waals surface area contributed by atoms with Crippen LogP contribution in [0.4, 0.5) is 5.82 Å². The van der Waals surface area contributed by atoms with Crippen molar-refractivity contribution in [3.05, 3.63) is 36.2 Å². The van der Waals surface area contributed by atoms with Crippen molar-refractivity contribution in [3.8, 4) is 0 Å². The molecule has 1 aliphatic rings. The maximum Gasteiger partial charge on any atom is 0.242 e. The van der Waals surface area contributed by atoms with Crippen LogP contribution in [0.2, 0.25) is 0 Å². The Hall–Kier alpha value is -1.95. The average Bonchev–Trinajstić information content (AvgIpc) is 3.05. The molecular formula is C16H22N4O2. The Morgan fingerprint density at radius 1 is 1.27 bits per heavy atom. The minimum Gasteiger partial charge on any atom is -0.422 e. The molecule has 1 fully saturated rings. The summed E-state index contributed by atoms with van der Waals surface area (Å²) in [5.74, 6) is 2.71. The Morgan fingerprint density at radius 3 is 2.86 bits per heavy atom. The molecule has 118 valence electrons. The summed E-state index contributed by atoms with van der Waals surface area (Å²) in [7, 11) is 0. The van der Waals surface area contributed by atoms with Crippen molar-refractivity contribution in [3.63, 3.8) is 0 Å². The molecule has 0 unspecified atom stereocenters. The lowest BCUT2D eigenvalue weighted by atomic mass is 9.97. The van der Waals surface area contributed by atoms with Crippen molar-refractivity contribution in [1.82, 2.24) is 15.2 Å². The molecule has 0 aliphatic carbocycles. The zero-order valence-corrected chi connectivity index (χ0v) is 12.9. The lowest BCUT2D eigenvalue weighted by Gasteiger charge is -2.31. The quantitative estimate of drug-likeness (QED) is 0.765. The Labute approximate surface area is 130 Å². The number of hydrogen-bond acceptors (Lipinski definition) is 6. The molecule has 0 aromatic carbocycles. The summed E-state index contributed by atoms with van der Waals surface area (Å²) in [5, 5.41) is 8.26. The van der Waals surface area contributed by atoms with Crippen molar-refractivity contribution < 1.29 is 9.15 Å². The molecule has 0 amide bonds. The van der Waals surface area contributed by atoms with Gasteiger partial charge >= 0.3 is 0 Å². The maximum absolute atomic E-state index is 5.73. The second kappa shape index (κ2) is 7.35. The van der Waals surface area contributed by atoms with Crippen LogP contribution in [-0.2, 0) is 11.3 Å². The highest BCUT2D eigenvalue weighted by Gasteiger charge is 2.25. The van der Waals surface area contributed by atoms with E-state index in [4.69, 9.17) is 9.15 Å². The van der Waals surface area contributed by atoms with Crippen molar-refractivity contribution in [2.75, 3.05) is 24.6 Å². The smallest absolute Gasteiger partial charge is 0.242 e. The van der Waals surface area contributed by atoms with Gasteiger partial charge in [-0.05, 0) is 31.4 Å². The Kier molecular flexibility index (Phi) is 5.00. The maximum atomic E-state index is 5.73. The molecule has 0 N–H and O–H groups in total. The number of hydrogen-bond donors (Lipinski definition) is 0. The minimum atomic E-state index is 0.340. The monoisotopic (exact) mass is 302 g/mol. The number of pyridine rings is 1. The van der Waals surface area contributed by atoms with Crippen molar-refractivity contribution >= 4 is 5.82 Å². The van der Waals surface area contributed by atoms with Crippen LogP contribution >= 0.6 is 0 Å². The van der Waals surface area contributed by atoms with E-state index >= 15 is 0 Å². The van der Waals surface area contributed by atoms with E-state index in [-0.39, 0.29) is 0 Å². The van der Waals surface area contributed by atoms with Crippen LogP contribution in [0.5, 0.6) is 0 Å². The number of aromatic nitrogens is 3. The van der Waals surface area contributed by atoms with E-state index in [1.165, 1.54) is 0 Å². The molecule has 0 atom stereocenters. The summed E-state index contributed by atoms with van der Waals surface area (Å²) >= 11 is 0. The first-order valence-electron chi connectivity index (χ1n) is 7.93. The summed E-state index contributed by atoms with van der Waals surface area (Å²) in [6.07, 6.45) is 4.84. The van der Waals surface area contributed by atoms with Gasteiger partial charge in [0.05, 0.1) is 0 Å². The molecule has 6 nitrogen and oxygen atoms in total. The lowest BCUT2D eigenvalue weighted by molar-refractivity contribution is 0.102. The van der Waals surface area contributed by atoms with Crippen LogP contribution in [0, 0.1) is 0 Å². The zero-order valence-electron chi connectivity index (χ0n) is 12.9. The molecule has 2 aromatic heterocycles. The number of nitrogens with zero attached hydrogens (tertiary/aromatic N) is 4. The lowest BCUT2D eigenvalue weighted by Crippen LogP contribution is -2.33. The van der Waals surface area contributed by atoms with Gasteiger partial charge in [-0.25, -0.2) is 4.98 Å². The number of piperidine rings is 1. The van der Waals surface area contributed by atoms with Gasteiger partial charge in [-0.1, -0.05) is 13.0 Å². The van der Waals surface area contributed by atoms with Gasteiger partial charge in [-0.15, -0.1) is 10.2 Å². The van der Waals surface area contributed by atoms with Gasteiger partial charge in [0.25, 0.3) is 0 Å². The van der Waals surface area contributed by atoms with Gasteiger partial charge in [0.15, 0.2) is 0 Å². The molecule has 3 rings (SSSR count). The largest absolute Gasteiger partial charge is 0.422 e. The van der Waals surface area contributed by atoms with E-state index in [1.807, 2.05) is 18.3 Å². The van der Waals surface area contributed by atoms with Crippen molar-refractivity contribution in [2.45, 2.75) is 38.7 Å². The Balaban J connectivity index is 1.53. The summed E-state index contributed by atoms with van der Waals surface area (Å²) < 4.78 is 11.2. The van der Waals surface area contributed by atoms with E-state index in [0.29, 0.717) is 18.4 Å². The third-order valence-corrected chi connectivity index (χ3v) is 3.87. The van der Waals surface area contributed by atoms with E-state index < -0.39 is 0 Å². The first-order chi connectivity index (χ1) is 10.9. The van der Waals surface area contributed by atoms with Gasteiger partial charge in [-0.3, -0.25) is 0 Å². The molecular weight excluding hydrogens is 280 g/mol. The Bertz CT molecular complexity index is 565. The summed E-state index contributed by atoms with van der Waals surface area (Å²) in [4.78, 5) is 6.71. The molecule has 6 heteroatoms. The van der Waals surface area contributed by atoms with Gasteiger partial charge in [-0.2, -0.15) is 0 Å². The topological polar surface area (TPSA) is 64.3 Å². The van der Waals surface area contributed by atoms with Crippen LogP contribution in [0.15, 0.2) is 28.8 Å². The zero-order chi connectivity index (χ0) is 15.2. The molecule has 22 heavy (non-hydrogen) atoms. The second-order valence-electron chi connectivity index (χ2n) is 5.54. The fourth-order valence-corrected chi connectivity index (χ4v) is 2.69. The van der Waals surface area contributed by atoms with Crippen LogP contribution in [-0.4, -0.2) is 34.9 Å². The van der Waals surface area contributed by atoms with Gasteiger partial charge in [0.2, 0.25) is 11.8 Å². The predicted octanol–water partition coefficient (Wildman–Crippen LogP) is 2.78. The highest BCUT2D eigenvalue weighted by molar-refractivity contribution is 5.38. The van der Waals surface area contributed by atoms with Crippen molar-refractivity contribution in [2.24, 2.45) is 0 Å². The minimum absolute atomic E-state index is 0.340. The van der Waals surface area contributed by atoms with E-state index in [0.717, 1.165) is 50.7 Å². The third kappa shape index (κ3) is 3.62. The molecule has 3 heterocycles. The normalized spacial score (nSPS) is 16.1. The molecule has 2 aromatic rings. The van der Waals surface area contributed by atoms with Crippen LogP contribution in [0.3, 0.4) is 0 Å². The molecule has 1 saturated heterocycles. The highest BCUT2D eigenvalue weighted by atomic mass is 16.5. The highest BCUT2D eigenvalue weighted by Crippen LogP contribution is 2.28. The third-order valence-electron chi connectivity index (χ3n) is 3.87. The SMILES string of the molecule is CCCOCc1nnc(C2CCN(c3ccccn3)CC2)o1. The molecule has 0 bridgehead atoms. The van der Waals surface area contributed by atoms with E-state index in [9.17, 15) is 0 Å². The van der Waals surface area contributed by atoms with Crippen LogP contribution in [0.25, 0.3) is 0 Å². The molecule has 0 spiro atoms. The van der Waals surface area contributed by atoms with Crippen LogP contribution in [0.1, 0.15) is 43.9 Å². The standard InChI is InChI=1S/C16H22N4O2/c1-2-11-21-12-15-18-19-16(22-15)13-6-9-20(10-7-13)14-5-3-4-8-17-14/h3-5,8,13H,2,6-7,9-12H2,1H3. The predicted molar refractivity (Wildman–Crippen MR) is 82.7 cm³/mol. The second-order valence-corrected chi connectivity index (χ2v) is 5.54. The Morgan fingerprint density at radius 2 is 2.14 bits per heavy atom. The number of anilines is 1. The van der Waals surface area contributed by atoms with E-state index in [1.54, 1.807) is 0 Å². The first kappa shape index (κ1) is 15.0. The molecule has 1 aliphatic heterocycles. The van der Waals surface area contributed by atoms with Gasteiger partial charge < -0.3 is 14.1 Å². The fourth-order valence-electron chi connectivity index (χ4n) is 2.69. The van der Waals surface area contributed by atoms with Crippen LogP contribution < -0.4 is 4.90 Å². The molecule has 0 saturated carbocycles. The van der Waals surface area contributed by atoms with Gasteiger partial charge in [0.1, 0.15) is 12.4 Å².